The van der Waals surface area contributed by atoms with Gasteiger partial charge in [0.05, 0.1) is 11.9 Å². The molecule has 0 bridgehead atoms. The molecule has 1 aromatic carbocycles. The summed E-state index contributed by atoms with van der Waals surface area (Å²) in [5.74, 6) is 0.324. The monoisotopic (exact) mass is 316 g/mol. The summed E-state index contributed by atoms with van der Waals surface area (Å²) in [4.78, 5) is 16.9. The summed E-state index contributed by atoms with van der Waals surface area (Å²) in [5, 5.41) is 13.1. The molecule has 1 aromatic heterocycles. The summed E-state index contributed by atoms with van der Waals surface area (Å²) in [6, 6.07) is 13.1. The van der Waals surface area contributed by atoms with Crippen molar-refractivity contribution in [3.05, 3.63) is 60.4 Å². The molecule has 0 radical (unpaired) electrons. The Hall–Kier alpha value is -1.85. The van der Waals surface area contributed by atoms with Gasteiger partial charge in [-0.3, -0.25) is 9.78 Å². The highest BCUT2D eigenvalue weighted by atomic mass is 32.2. The smallest absolute Gasteiger partial charge is 0.230 e. The number of pyridine rings is 1. The van der Waals surface area contributed by atoms with Crippen molar-refractivity contribution < 1.29 is 9.90 Å². The molecule has 4 nitrogen and oxygen atoms in total. The van der Waals surface area contributed by atoms with Crippen LogP contribution in [-0.2, 0) is 4.79 Å². The van der Waals surface area contributed by atoms with E-state index < -0.39 is 6.10 Å². The maximum Gasteiger partial charge on any atom is 0.230 e. The first kappa shape index (κ1) is 16.5. The topological polar surface area (TPSA) is 62.2 Å². The summed E-state index contributed by atoms with van der Waals surface area (Å²) in [7, 11) is 0. The summed E-state index contributed by atoms with van der Waals surface area (Å²) in [6.07, 6.45) is 3.35. The highest BCUT2D eigenvalue weighted by Crippen LogP contribution is 2.18. The van der Waals surface area contributed by atoms with Crippen LogP contribution in [0.25, 0.3) is 0 Å². The Morgan fingerprint density at radius 1 is 1.23 bits per heavy atom. The first-order chi connectivity index (χ1) is 10.6. The van der Waals surface area contributed by atoms with E-state index in [9.17, 15) is 9.90 Å². The third kappa shape index (κ3) is 5.50. The predicted molar refractivity (Wildman–Crippen MR) is 88.6 cm³/mol. The number of benzene rings is 1. The van der Waals surface area contributed by atoms with E-state index in [0.717, 1.165) is 10.5 Å². The largest absolute Gasteiger partial charge is 0.388 e. The summed E-state index contributed by atoms with van der Waals surface area (Å²) < 4.78 is 0. The minimum atomic E-state index is -0.565. The van der Waals surface area contributed by atoms with Gasteiger partial charge in [0.15, 0.2) is 0 Å². The van der Waals surface area contributed by atoms with E-state index in [1.54, 1.807) is 12.4 Å². The number of rotatable bonds is 7. The Labute approximate surface area is 135 Å². The van der Waals surface area contributed by atoms with Gasteiger partial charge in [-0.25, -0.2) is 0 Å². The Kier molecular flexibility index (Phi) is 6.43. The molecule has 0 unspecified atom stereocenters. The molecule has 0 aliphatic rings. The number of aromatic nitrogens is 1. The van der Waals surface area contributed by atoms with Crippen LogP contribution >= 0.6 is 11.8 Å². The van der Waals surface area contributed by atoms with Crippen molar-refractivity contribution in [2.24, 2.45) is 0 Å². The van der Waals surface area contributed by atoms with Crippen molar-refractivity contribution in [1.82, 2.24) is 10.3 Å². The lowest BCUT2D eigenvalue weighted by Gasteiger charge is -2.18. The Morgan fingerprint density at radius 3 is 2.59 bits per heavy atom. The molecule has 116 valence electrons. The quantitative estimate of drug-likeness (QED) is 0.771. The lowest BCUT2D eigenvalue weighted by Crippen LogP contribution is -2.34. The molecule has 0 aliphatic carbocycles. The summed E-state index contributed by atoms with van der Waals surface area (Å²) in [6.45, 7) is 1.90. The number of hydrogen-bond donors (Lipinski definition) is 2. The van der Waals surface area contributed by atoms with Gasteiger partial charge in [-0.05, 0) is 31.0 Å². The number of nitrogens with zero attached hydrogens (tertiary/aromatic N) is 1. The third-order valence-electron chi connectivity index (χ3n) is 3.19. The van der Waals surface area contributed by atoms with E-state index in [4.69, 9.17) is 0 Å². The second kappa shape index (κ2) is 8.56. The molecule has 0 saturated heterocycles. The fourth-order valence-electron chi connectivity index (χ4n) is 2.10. The van der Waals surface area contributed by atoms with Gasteiger partial charge in [0, 0.05) is 23.3 Å². The van der Waals surface area contributed by atoms with Crippen molar-refractivity contribution in [3.8, 4) is 0 Å². The molecule has 2 atom stereocenters. The number of carbonyl (C=O) groups is 1. The normalized spacial score (nSPS) is 13.4. The molecule has 1 heterocycles. The average Bonchev–Trinajstić information content (AvgIpc) is 2.54. The number of aliphatic hydroxyl groups excluding tert-OH is 1. The van der Waals surface area contributed by atoms with Gasteiger partial charge in [-0.1, -0.05) is 30.3 Å². The van der Waals surface area contributed by atoms with Gasteiger partial charge in [-0.15, -0.1) is 11.8 Å². The number of thioether (sulfide) groups is 1. The molecular weight excluding hydrogens is 296 g/mol. The maximum absolute atomic E-state index is 11.9. The molecule has 2 N–H and O–H groups in total. The van der Waals surface area contributed by atoms with Crippen LogP contribution < -0.4 is 5.32 Å². The molecule has 1 amide bonds. The first-order valence-corrected chi connectivity index (χ1v) is 8.19. The van der Waals surface area contributed by atoms with Gasteiger partial charge in [-0.2, -0.15) is 0 Å². The Morgan fingerprint density at radius 2 is 1.91 bits per heavy atom. The van der Waals surface area contributed by atoms with Crippen molar-refractivity contribution in [1.29, 1.82) is 0 Å². The van der Waals surface area contributed by atoms with Crippen LogP contribution in [0, 0.1) is 0 Å². The van der Waals surface area contributed by atoms with Crippen molar-refractivity contribution in [2.45, 2.75) is 30.4 Å². The predicted octanol–water partition coefficient (Wildman–Crippen LogP) is 2.80. The van der Waals surface area contributed by atoms with Gasteiger partial charge < -0.3 is 10.4 Å². The number of carbonyl (C=O) groups excluding carboxylic acids is 1. The highest BCUT2D eigenvalue weighted by molar-refractivity contribution is 8.00. The van der Waals surface area contributed by atoms with Crippen molar-refractivity contribution in [2.75, 3.05) is 5.75 Å². The van der Waals surface area contributed by atoms with E-state index >= 15 is 0 Å². The van der Waals surface area contributed by atoms with Gasteiger partial charge in [0.2, 0.25) is 5.91 Å². The fraction of sp³-hybridized carbons (Fsp3) is 0.294. The lowest BCUT2D eigenvalue weighted by atomic mass is 10.0. The molecule has 0 fully saturated rings. The van der Waals surface area contributed by atoms with Crippen molar-refractivity contribution >= 4 is 17.7 Å². The number of nitrogens with one attached hydrogen (secondary N) is 1. The minimum Gasteiger partial charge on any atom is -0.388 e. The highest BCUT2D eigenvalue weighted by Gasteiger charge is 2.14. The minimum absolute atomic E-state index is 0.0328. The molecule has 2 aromatic rings. The summed E-state index contributed by atoms with van der Waals surface area (Å²) in [5.41, 5.74) is 0.870. The number of amides is 1. The molecule has 22 heavy (non-hydrogen) atoms. The number of hydrogen-bond acceptors (Lipinski definition) is 4. The molecule has 5 heteroatoms. The zero-order chi connectivity index (χ0) is 15.8. The third-order valence-corrected chi connectivity index (χ3v) is 4.20. The number of aliphatic hydroxyl groups is 1. The van der Waals surface area contributed by atoms with Crippen LogP contribution in [0.5, 0.6) is 0 Å². The van der Waals surface area contributed by atoms with Crippen LogP contribution in [0.3, 0.4) is 0 Å². The van der Waals surface area contributed by atoms with Gasteiger partial charge in [0.25, 0.3) is 0 Å². The molecule has 2 rings (SSSR count). The second-order valence-electron chi connectivity index (χ2n) is 5.10. The van der Waals surface area contributed by atoms with Gasteiger partial charge >= 0.3 is 0 Å². The van der Waals surface area contributed by atoms with E-state index in [-0.39, 0.29) is 11.9 Å². The average molecular weight is 316 g/mol. The lowest BCUT2D eigenvalue weighted by molar-refractivity contribution is -0.119. The molecule has 0 spiro atoms. The zero-order valence-electron chi connectivity index (χ0n) is 12.5. The molecular formula is C17H20N2O2S. The van der Waals surface area contributed by atoms with Crippen LogP contribution in [0.1, 0.15) is 25.0 Å². The van der Waals surface area contributed by atoms with Crippen LogP contribution in [0.15, 0.2) is 59.8 Å². The zero-order valence-corrected chi connectivity index (χ0v) is 13.3. The molecule has 0 aliphatic heterocycles. The second-order valence-corrected chi connectivity index (χ2v) is 6.15. The Balaban J connectivity index is 1.74. The van der Waals surface area contributed by atoms with Crippen molar-refractivity contribution in [3.63, 3.8) is 0 Å². The van der Waals surface area contributed by atoms with Gasteiger partial charge in [0.1, 0.15) is 0 Å². The van der Waals surface area contributed by atoms with Crippen LogP contribution in [0.2, 0.25) is 0 Å². The van der Waals surface area contributed by atoms with Crippen LogP contribution in [-0.4, -0.2) is 27.8 Å². The maximum atomic E-state index is 11.9. The summed E-state index contributed by atoms with van der Waals surface area (Å²) >= 11 is 1.47. The van der Waals surface area contributed by atoms with E-state index in [0.29, 0.717) is 12.2 Å². The SMILES string of the molecule is C[C@H](C[C@@H](O)c1ccccc1)NC(=O)CSc1ccncc1. The molecule has 0 saturated carbocycles. The standard InChI is InChI=1S/C17H20N2O2S/c1-13(11-16(20)14-5-3-2-4-6-14)19-17(21)12-22-15-7-9-18-10-8-15/h2-10,13,16,20H,11-12H2,1H3,(H,19,21)/t13-,16-/m1/s1. The van der Waals surface area contributed by atoms with E-state index in [1.165, 1.54) is 11.8 Å². The van der Waals surface area contributed by atoms with E-state index in [1.807, 2.05) is 49.4 Å². The van der Waals surface area contributed by atoms with Crippen LogP contribution in [0.4, 0.5) is 0 Å². The fourth-order valence-corrected chi connectivity index (χ4v) is 2.80. The van der Waals surface area contributed by atoms with E-state index in [2.05, 4.69) is 10.3 Å². The first-order valence-electron chi connectivity index (χ1n) is 7.20. The Bertz CT molecular complexity index is 578.